The van der Waals surface area contributed by atoms with E-state index in [4.69, 9.17) is 9.79 Å². The number of hydrogen-bond donors (Lipinski definition) is 3. The molecule has 138 valence electrons. The van der Waals surface area contributed by atoms with Gasteiger partial charge in [-0.05, 0) is 36.8 Å². The topological polar surface area (TPSA) is 120 Å². The monoisotopic (exact) mass is 369 g/mol. The van der Waals surface area contributed by atoms with Gasteiger partial charge in [-0.25, -0.2) is 0 Å². The molecule has 0 aliphatic carbocycles. The number of carbonyl (C=O) groups excluding carboxylic acids is 2. The van der Waals surface area contributed by atoms with E-state index in [0.717, 1.165) is 18.4 Å². The molecule has 0 unspecified atom stereocenters. The summed E-state index contributed by atoms with van der Waals surface area (Å²) in [7, 11) is -4.22. The molecule has 25 heavy (non-hydrogen) atoms. The number of nitrogens with one attached hydrogen (secondary N) is 1. The summed E-state index contributed by atoms with van der Waals surface area (Å²) in [6.45, 7) is 2.38. The molecular formula is C16H24N3O5P. The maximum Gasteiger partial charge on any atom is 0.325 e. The average molecular weight is 369 g/mol. The van der Waals surface area contributed by atoms with Gasteiger partial charge < -0.3 is 20.0 Å². The molecule has 1 aliphatic rings. The number of likely N-dealkylation sites (tertiary alicyclic amines) is 1. The van der Waals surface area contributed by atoms with Crippen LogP contribution >= 0.6 is 7.60 Å². The van der Waals surface area contributed by atoms with Crippen molar-refractivity contribution in [2.45, 2.75) is 38.1 Å². The lowest BCUT2D eigenvalue weighted by molar-refractivity contribution is -0.137. The van der Waals surface area contributed by atoms with Gasteiger partial charge in [0.15, 0.2) is 0 Å². The van der Waals surface area contributed by atoms with Gasteiger partial charge in [-0.3, -0.25) is 19.1 Å². The molecule has 0 bridgehead atoms. The maximum atomic E-state index is 12.6. The predicted molar refractivity (Wildman–Crippen MR) is 91.9 cm³/mol. The third-order valence-electron chi connectivity index (χ3n) is 4.35. The Morgan fingerprint density at radius 2 is 2.08 bits per heavy atom. The van der Waals surface area contributed by atoms with Crippen LogP contribution in [0.3, 0.4) is 0 Å². The van der Waals surface area contributed by atoms with Gasteiger partial charge >= 0.3 is 7.60 Å². The van der Waals surface area contributed by atoms with E-state index in [1.807, 2.05) is 18.3 Å². The zero-order chi connectivity index (χ0) is 18.4. The second-order valence-corrected chi connectivity index (χ2v) is 8.09. The molecule has 2 amide bonds. The lowest BCUT2D eigenvalue weighted by atomic mass is 9.90. The normalized spacial score (nSPS) is 17.2. The zero-order valence-electron chi connectivity index (χ0n) is 14.2. The van der Waals surface area contributed by atoms with E-state index in [1.54, 1.807) is 11.1 Å². The van der Waals surface area contributed by atoms with Gasteiger partial charge in [0.2, 0.25) is 11.8 Å². The molecule has 9 heteroatoms. The number of amides is 2. The molecule has 1 saturated heterocycles. The van der Waals surface area contributed by atoms with Crippen LogP contribution in [0.15, 0.2) is 24.5 Å². The molecular weight excluding hydrogens is 345 g/mol. The summed E-state index contributed by atoms with van der Waals surface area (Å²) < 4.78 is 11.1. The molecule has 3 N–H and O–H groups in total. The largest absolute Gasteiger partial charge is 0.345 e. The van der Waals surface area contributed by atoms with Gasteiger partial charge in [0.05, 0.1) is 6.16 Å². The second-order valence-electron chi connectivity index (χ2n) is 6.32. The Balaban J connectivity index is 1.95. The van der Waals surface area contributed by atoms with Crippen LogP contribution in [0.2, 0.25) is 0 Å². The number of piperidine rings is 1. The summed E-state index contributed by atoms with van der Waals surface area (Å²) in [4.78, 5) is 47.8. The van der Waals surface area contributed by atoms with Crippen LogP contribution in [0.4, 0.5) is 0 Å². The molecule has 1 fully saturated rings. The molecule has 2 rings (SSSR count). The quantitative estimate of drug-likeness (QED) is 0.640. The van der Waals surface area contributed by atoms with Gasteiger partial charge in [0.25, 0.3) is 0 Å². The van der Waals surface area contributed by atoms with Gasteiger partial charge in [-0.1, -0.05) is 6.07 Å². The van der Waals surface area contributed by atoms with E-state index < -0.39 is 25.7 Å². The SMILES string of the molecule is CC(=O)N[C@@H](CCP(=O)(O)O)C(=O)N1CCC(c2cccnc2)CC1. The molecule has 1 aromatic rings. The third kappa shape index (κ3) is 6.23. The fourth-order valence-electron chi connectivity index (χ4n) is 3.07. The van der Waals surface area contributed by atoms with E-state index in [2.05, 4.69) is 10.3 Å². The Morgan fingerprint density at radius 3 is 2.60 bits per heavy atom. The fraction of sp³-hybridized carbons (Fsp3) is 0.562. The highest BCUT2D eigenvalue weighted by atomic mass is 31.2. The van der Waals surface area contributed by atoms with Crippen molar-refractivity contribution < 1.29 is 23.9 Å². The smallest absolute Gasteiger partial charge is 0.325 e. The van der Waals surface area contributed by atoms with Crippen LogP contribution in [0.1, 0.15) is 37.7 Å². The van der Waals surface area contributed by atoms with Crippen molar-refractivity contribution in [3.63, 3.8) is 0 Å². The molecule has 2 heterocycles. The van der Waals surface area contributed by atoms with E-state index in [9.17, 15) is 14.2 Å². The minimum absolute atomic E-state index is 0.0781. The summed E-state index contributed by atoms with van der Waals surface area (Å²) in [6, 6.07) is 3.01. The average Bonchev–Trinajstić information content (AvgIpc) is 2.58. The maximum absolute atomic E-state index is 12.6. The highest BCUT2D eigenvalue weighted by molar-refractivity contribution is 7.51. The Hall–Kier alpha value is -1.76. The zero-order valence-corrected chi connectivity index (χ0v) is 15.1. The number of aromatic nitrogens is 1. The van der Waals surface area contributed by atoms with E-state index in [-0.39, 0.29) is 12.3 Å². The lowest BCUT2D eigenvalue weighted by Gasteiger charge is -2.34. The molecule has 1 aliphatic heterocycles. The lowest BCUT2D eigenvalue weighted by Crippen LogP contribution is -2.50. The van der Waals surface area contributed by atoms with Gasteiger partial charge in [0, 0.05) is 32.4 Å². The fourth-order valence-corrected chi connectivity index (χ4v) is 3.67. The number of pyridine rings is 1. The summed E-state index contributed by atoms with van der Waals surface area (Å²) in [6.07, 6.45) is 4.63. The van der Waals surface area contributed by atoms with Crippen molar-refractivity contribution >= 4 is 19.4 Å². The Bertz CT molecular complexity index is 640. The van der Waals surface area contributed by atoms with E-state index >= 15 is 0 Å². The van der Waals surface area contributed by atoms with Crippen LogP contribution in [-0.4, -0.2) is 56.8 Å². The van der Waals surface area contributed by atoms with E-state index in [0.29, 0.717) is 19.0 Å². The van der Waals surface area contributed by atoms with Gasteiger partial charge in [-0.15, -0.1) is 0 Å². The van der Waals surface area contributed by atoms with Crippen molar-refractivity contribution in [2.24, 2.45) is 0 Å². The van der Waals surface area contributed by atoms with Crippen molar-refractivity contribution in [1.29, 1.82) is 0 Å². The number of hydrogen-bond acceptors (Lipinski definition) is 4. The van der Waals surface area contributed by atoms with Crippen molar-refractivity contribution in [1.82, 2.24) is 15.2 Å². The van der Waals surface area contributed by atoms with Gasteiger partial charge in [0.1, 0.15) is 6.04 Å². The van der Waals surface area contributed by atoms with Crippen LogP contribution in [0.25, 0.3) is 0 Å². The highest BCUT2D eigenvalue weighted by Crippen LogP contribution is 2.35. The first-order chi connectivity index (χ1) is 11.8. The second kappa shape index (κ2) is 8.56. The standard InChI is InChI=1S/C16H24N3O5P/c1-12(20)18-15(6-10-25(22,23)24)16(21)19-8-4-13(5-9-19)14-3-2-7-17-11-14/h2-3,7,11,13,15H,4-6,8-10H2,1H3,(H,18,20)(H2,22,23,24)/t15-/m0/s1. The molecule has 0 radical (unpaired) electrons. The third-order valence-corrected chi connectivity index (χ3v) is 5.19. The highest BCUT2D eigenvalue weighted by Gasteiger charge is 2.30. The summed E-state index contributed by atoms with van der Waals surface area (Å²) in [5.74, 6) is -0.338. The first-order valence-electron chi connectivity index (χ1n) is 8.26. The van der Waals surface area contributed by atoms with Crippen molar-refractivity contribution in [3.8, 4) is 0 Å². The molecule has 1 atom stereocenters. The Morgan fingerprint density at radius 1 is 1.40 bits per heavy atom. The summed E-state index contributed by atoms with van der Waals surface area (Å²) >= 11 is 0. The Labute approximate surface area is 146 Å². The van der Waals surface area contributed by atoms with E-state index in [1.165, 1.54) is 6.92 Å². The molecule has 8 nitrogen and oxygen atoms in total. The molecule has 0 saturated carbocycles. The van der Waals surface area contributed by atoms with Crippen molar-refractivity contribution in [3.05, 3.63) is 30.1 Å². The molecule has 1 aromatic heterocycles. The first-order valence-corrected chi connectivity index (χ1v) is 10.1. The van der Waals surface area contributed by atoms with Gasteiger partial charge in [-0.2, -0.15) is 0 Å². The minimum atomic E-state index is -4.22. The molecule has 0 aromatic carbocycles. The first kappa shape index (κ1) is 19.6. The minimum Gasteiger partial charge on any atom is -0.345 e. The van der Waals surface area contributed by atoms with Crippen LogP contribution in [0.5, 0.6) is 0 Å². The van der Waals surface area contributed by atoms with Crippen LogP contribution in [0, 0.1) is 0 Å². The predicted octanol–water partition coefficient (Wildman–Crippen LogP) is 0.860. The summed E-state index contributed by atoms with van der Waals surface area (Å²) in [5, 5.41) is 2.51. The number of rotatable bonds is 6. The molecule has 0 spiro atoms. The van der Waals surface area contributed by atoms with Crippen LogP contribution < -0.4 is 5.32 Å². The Kier molecular flexibility index (Phi) is 6.70. The number of carbonyl (C=O) groups is 2. The number of nitrogens with zero attached hydrogens (tertiary/aromatic N) is 2. The van der Waals surface area contributed by atoms with Crippen LogP contribution in [-0.2, 0) is 14.2 Å². The van der Waals surface area contributed by atoms with Crippen molar-refractivity contribution in [2.75, 3.05) is 19.3 Å². The summed E-state index contributed by atoms with van der Waals surface area (Å²) in [5.41, 5.74) is 1.15.